The first-order valence-electron chi connectivity index (χ1n) is 9.13. The zero-order chi connectivity index (χ0) is 18.6. The molecule has 0 spiro atoms. The van der Waals surface area contributed by atoms with Crippen molar-refractivity contribution in [1.82, 2.24) is 0 Å². The quantitative estimate of drug-likeness (QED) is 0.452. The van der Waals surface area contributed by atoms with Crippen molar-refractivity contribution in [3.8, 4) is 0 Å². The molecule has 0 nitrogen and oxygen atoms in total. The van der Waals surface area contributed by atoms with Crippen molar-refractivity contribution in [3.05, 3.63) is 79.9 Å². The van der Waals surface area contributed by atoms with Gasteiger partial charge in [-0.25, -0.2) is 0 Å². The van der Waals surface area contributed by atoms with Crippen LogP contribution < -0.4 is 0 Å². The molecule has 0 saturated carbocycles. The van der Waals surface area contributed by atoms with E-state index < -0.39 is 19.4 Å². The van der Waals surface area contributed by atoms with Crippen LogP contribution in [0.3, 0.4) is 0 Å². The second-order valence-corrected chi connectivity index (χ2v) is 16.6. The fourth-order valence-corrected chi connectivity index (χ4v) is 9.76. The van der Waals surface area contributed by atoms with Crippen molar-refractivity contribution < 1.29 is 19.4 Å². The number of fused-ring (bicyclic) bond motifs is 2. The van der Waals surface area contributed by atoms with Gasteiger partial charge in [0.1, 0.15) is 0 Å². The second-order valence-electron chi connectivity index (χ2n) is 7.79. The molecule has 0 amide bonds. The number of rotatable bonds is 3. The van der Waals surface area contributed by atoms with Gasteiger partial charge in [-0.05, 0) is 0 Å². The molecule has 0 aromatic heterocycles. The molecule has 2 aliphatic carbocycles. The first kappa shape index (κ1) is 18.7. The van der Waals surface area contributed by atoms with E-state index in [-0.39, 0.29) is 3.63 Å². The minimum atomic E-state index is -2.61. The Kier molecular flexibility index (Phi) is 5.10. The fraction of sp³-hybridized carbons (Fsp3) is 0.304. The Morgan fingerprint density at radius 1 is 0.731 bits per heavy atom. The van der Waals surface area contributed by atoms with Crippen LogP contribution in [0.5, 0.6) is 0 Å². The number of halogens is 2. The molecule has 0 bridgehead atoms. The topological polar surface area (TPSA) is 0 Å². The molecule has 0 atom stereocenters. The minimum absolute atomic E-state index is 0.197. The molecule has 4 rings (SSSR count). The predicted octanol–water partition coefficient (Wildman–Crippen LogP) is 7.24. The third-order valence-corrected chi connectivity index (χ3v) is 10.9. The van der Waals surface area contributed by atoms with Gasteiger partial charge in [0.15, 0.2) is 0 Å². The second kappa shape index (κ2) is 7.08. The van der Waals surface area contributed by atoms with Crippen LogP contribution in [0.2, 0.25) is 0 Å². The Hall–Kier alpha value is -0.617. The summed E-state index contributed by atoms with van der Waals surface area (Å²) < 4.78 is 0.197. The van der Waals surface area contributed by atoms with Crippen molar-refractivity contribution in [2.75, 3.05) is 0 Å². The number of aryl methyl sites for hydroxylation is 2. The van der Waals surface area contributed by atoms with Crippen LogP contribution in [0.25, 0.3) is 12.2 Å². The summed E-state index contributed by atoms with van der Waals surface area (Å²) in [6, 6.07) is 9.07. The number of hydrogen-bond donors (Lipinski definition) is 0. The molecule has 3 heteroatoms. The molecule has 133 valence electrons. The van der Waals surface area contributed by atoms with E-state index >= 15 is 0 Å². The summed E-state index contributed by atoms with van der Waals surface area (Å²) in [5.74, 6) is 0. The monoisotopic (exact) mass is 459 g/mol. The molecule has 2 aliphatic rings. The Labute approximate surface area is 171 Å². The van der Waals surface area contributed by atoms with E-state index in [1.165, 1.54) is 55.7 Å². The third kappa shape index (κ3) is 3.11. The first-order chi connectivity index (χ1) is 12.4. The fourth-order valence-electron chi connectivity index (χ4n) is 4.49. The Balaban J connectivity index is 1.90. The molecule has 0 saturated heterocycles. The van der Waals surface area contributed by atoms with Crippen molar-refractivity contribution >= 4 is 29.2 Å². The summed E-state index contributed by atoms with van der Waals surface area (Å²) in [6.45, 7) is 8.83. The number of hydrogen-bond acceptors (Lipinski definition) is 0. The van der Waals surface area contributed by atoms with Crippen LogP contribution in [0, 0.1) is 13.8 Å². The number of benzene rings is 2. The van der Waals surface area contributed by atoms with Crippen LogP contribution in [-0.2, 0) is 32.2 Å². The van der Waals surface area contributed by atoms with E-state index in [2.05, 4.69) is 64.1 Å². The van der Waals surface area contributed by atoms with Gasteiger partial charge in [0.05, 0.1) is 0 Å². The zero-order valence-electron chi connectivity index (χ0n) is 15.7. The first-order valence-corrected chi connectivity index (χ1v) is 16.9. The van der Waals surface area contributed by atoms with E-state index in [9.17, 15) is 0 Å². The summed E-state index contributed by atoms with van der Waals surface area (Å²) in [6.07, 6.45) is 6.72. The molecule has 0 aliphatic heterocycles. The van der Waals surface area contributed by atoms with Crippen LogP contribution in [0.15, 0.2) is 35.4 Å². The van der Waals surface area contributed by atoms with Gasteiger partial charge in [-0.2, -0.15) is 0 Å². The van der Waals surface area contributed by atoms with Crippen LogP contribution in [-0.4, -0.2) is 0 Å². The molecule has 0 fully saturated rings. The molecule has 2 aromatic carbocycles. The maximum atomic E-state index is 6.80. The average molecular weight is 462 g/mol. The van der Waals surface area contributed by atoms with Gasteiger partial charge in [0, 0.05) is 0 Å². The van der Waals surface area contributed by atoms with Gasteiger partial charge in [0.25, 0.3) is 0 Å². The maximum absolute atomic E-state index is 6.80. The summed E-state index contributed by atoms with van der Waals surface area (Å²) in [5.41, 5.74) is 14.0. The number of allylic oxidation sites excluding steroid dienone is 2. The molecular formula is C23H23Cl2Zr. The van der Waals surface area contributed by atoms with E-state index in [0.29, 0.717) is 0 Å². The van der Waals surface area contributed by atoms with E-state index in [1.807, 2.05) is 0 Å². The van der Waals surface area contributed by atoms with E-state index in [0.717, 1.165) is 12.8 Å². The van der Waals surface area contributed by atoms with Crippen LogP contribution >= 0.6 is 17.0 Å². The van der Waals surface area contributed by atoms with Crippen molar-refractivity contribution in [1.29, 1.82) is 0 Å². The van der Waals surface area contributed by atoms with Gasteiger partial charge in [-0.1, -0.05) is 0 Å². The van der Waals surface area contributed by atoms with E-state index in [1.54, 1.807) is 0 Å². The summed E-state index contributed by atoms with van der Waals surface area (Å²) in [4.78, 5) is 0. The summed E-state index contributed by atoms with van der Waals surface area (Å²) >= 11 is -2.61. The van der Waals surface area contributed by atoms with Gasteiger partial charge >= 0.3 is 173 Å². The van der Waals surface area contributed by atoms with Gasteiger partial charge in [-0.15, -0.1) is 0 Å². The predicted molar refractivity (Wildman–Crippen MR) is 111 cm³/mol. The molecule has 2 aromatic rings. The van der Waals surface area contributed by atoms with Crippen molar-refractivity contribution in [3.63, 3.8) is 0 Å². The van der Waals surface area contributed by atoms with Gasteiger partial charge < -0.3 is 0 Å². The molecule has 0 heterocycles. The summed E-state index contributed by atoms with van der Waals surface area (Å²) in [5, 5.41) is 0. The molecule has 26 heavy (non-hydrogen) atoms. The Morgan fingerprint density at radius 2 is 1.15 bits per heavy atom. The standard InChI is InChI=1S/C23H23.2ClH.Zr/c1-14-9-20-16(3)5-7-18(22(20)11-14)13-19-8-6-17(4)21-10-15(2)12-23(19)21;;;/h5-10,13H,11-12H2,1-4H3;2*1H;/q;;;+2/p-2. The molecule has 0 N–H and O–H groups in total. The molecule has 0 unspecified atom stereocenters. The SMILES string of the molecule is CC1=Cc2c(C)ccc([CH](c3ccc(C)c4c3CC(C)=C4)[Zr]([Cl])[Cl])c2C1. The van der Waals surface area contributed by atoms with Crippen molar-refractivity contribution in [2.24, 2.45) is 0 Å². The van der Waals surface area contributed by atoms with E-state index in [4.69, 9.17) is 17.0 Å². The zero-order valence-corrected chi connectivity index (χ0v) is 19.7. The van der Waals surface area contributed by atoms with Crippen LogP contribution in [0.4, 0.5) is 0 Å². The van der Waals surface area contributed by atoms with Gasteiger partial charge in [0.2, 0.25) is 0 Å². The Bertz CT molecular complexity index is 891. The average Bonchev–Trinajstić information content (AvgIpc) is 3.15. The molecular weight excluding hydrogens is 438 g/mol. The molecule has 0 radical (unpaired) electrons. The van der Waals surface area contributed by atoms with Gasteiger partial charge in [-0.3, -0.25) is 0 Å². The summed E-state index contributed by atoms with van der Waals surface area (Å²) in [7, 11) is 13.6. The van der Waals surface area contributed by atoms with Crippen molar-refractivity contribution in [2.45, 2.75) is 44.2 Å². The normalized spacial score (nSPS) is 15.0. The third-order valence-electron chi connectivity index (χ3n) is 5.76. The Morgan fingerprint density at radius 3 is 1.54 bits per heavy atom. The van der Waals surface area contributed by atoms with Crippen LogP contribution in [0.1, 0.15) is 62.0 Å².